The first-order valence-electron chi connectivity index (χ1n) is 6.37. The van der Waals surface area contributed by atoms with Crippen LogP contribution in [0.4, 0.5) is 0 Å². The van der Waals surface area contributed by atoms with Crippen LogP contribution in [-0.4, -0.2) is 27.4 Å². The van der Waals surface area contributed by atoms with Crippen LogP contribution in [0.15, 0.2) is 24.4 Å². The van der Waals surface area contributed by atoms with Crippen molar-refractivity contribution in [3.05, 3.63) is 35.8 Å². The van der Waals surface area contributed by atoms with Gasteiger partial charge in [-0.05, 0) is 44.4 Å². The molecule has 98 valence electrons. The van der Waals surface area contributed by atoms with Gasteiger partial charge in [0.05, 0.1) is 11.4 Å². The Morgan fingerprint density at radius 1 is 1.44 bits per heavy atom. The van der Waals surface area contributed by atoms with Gasteiger partial charge in [0.15, 0.2) is 0 Å². The Morgan fingerprint density at radius 2 is 2.28 bits per heavy atom. The monoisotopic (exact) mass is 263 g/mol. The quantitative estimate of drug-likeness (QED) is 0.869. The number of fused-ring (bicyclic) bond motifs is 1. The summed E-state index contributed by atoms with van der Waals surface area (Å²) in [6.45, 7) is 5.21. The summed E-state index contributed by atoms with van der Waals surface area (Å²) in [6, 6.07) is 6.67. The molecule has 1 unspecified atom stereocenters. The molecule has 4 heteroatoms. The maximum absolute atomic E-state index is 4.57. The van der Waals surface area contributed by atoms with Crippen LogP contribution in [-0.2, 0) is 6.54 Å². The van der Waals surface area contributed by atoms with Crippen molar-refractivity contribution < 1.29 is 0 Å². The largest absolute Gasteiger partial charge is 0.309 e. The topological polar surface area (TPSA) is 29.3 Å². The Morgan fingerprint density at radius 3 is 3.06 bits per heavy atom. The third-order valence-electron chi connectivity index (χ3n) is 3.20. The minimum atomic E-state index is 0.547. The van der Waals surface area contributed by atoms with Crippen molar-refractivity contribution in [1.82, 2.24) is 14.7 Å². The second-order valence-electron chi connectivity index (χ2n) is 4.64. The fourth-order valence-electron chi connectivity index (χ4n) is 2.04. The molecule has 0 aromatic carbocycles. The summed E-state index contributed by atoms with van der Waals surface area (Å²) in [7, 11) is 0. The van der Waals surface area contributed by atoms with E-state index < -0.39 is 0 Å². The molecule has 0 bridgehead atoms. The minimum absolute atomic E-state index is 0.547. The van der Waals surface area contributed by atoms with E-state index in [0.717, 1.165) is 17.9 Å². The first-order chi connectivity index (χ1) is 8.72. The molecule has 0 radical (unpaired) electrons. The molecule has 2 rings (SSSR count). The van der Waals surface area contributed by atoms with E-state index in [4.69, 9.17) is 0 Å². The van der Waals surface area contributed by atoms with Crippen molar-refractivity contribution >= 4 is 17.4 Å². The van der Waals surface area contributed by atoms with E-state index in [2.05, 4.69) is 47.1 Å². The summed E-state index contributed by atoms with van der Waals surface area (Å²) in [5, 5.41) is 3.58. The van der Waals surface area contributed by atoms with E-state index >= 15 is 0 Å². The van der Waals surface area contributed by atoms with Crippen LogP contribution in [0.1, 0.15) is 24.7 Å². The maximum atomic E-state index is 4.57. The highest BCUT2D eigenvalue weighted by atomic mass is 32.2. The van der Waals surface area contributed by atoms with Gasteiger partial charge in [0, 0.05) is 18.8 Å². The summed E-state index contributed by atoms with van der Waals surface area (Å²) in [5.41, 5.74) is 3.41. The molecule has 0 saturated heterocycles. The number of nitrogens with one attached hydrogen (secondary N) is 1. The van der Waals surface area contributed by atoms with Crippen LogP contribution in [0.5, 0.6) is 0 Å². The summed E-state index contributed by atoms with van der Waals surface area (Å²) >= 11 is 1.90. The normalized spacial score (nSPS) is 13.1. The molecule has 2 heterocycles. The van der Waals surface area contributed by atoms with E-state index in [1.165, 1.54) is 17.9 Å². The van der Waals surface area contributed by atoms with E-state index in [9.17, 15) is 0 Å². The molecule has 0 aliphatic carbocycles. The number of imidazole rings is 1. The van der Waals surface area contributed by atoms with Gasteiger partial charge >= 0.3 is 0 Å². The van der Waals surface area contributed by atoms with Crippen molar-refractivity contribution in [2.75, 3.05) is 12.0 Å². The average molecular weight is 263 g/mol. The van der Waals surface area contributed by atoms with Gasteiger partial charge in [0.2, 0.25) is 0 Å². The Hall–Kier alpha value is -1.00. The number of hydrogen-bond donors (Lipinski definition) is 1. The second kappa shape index (κ2) is 6.25. The third-order valence-corrected chi connectivity index (χ3v) is 3.85. The zero-order chi connectivity index (χ0) is 13.0. The van der Waals surface area contributed by atoms with Gasteiger partial charge in [-0.1, -0.05) is 6.07 Å². The van der Waals surface area contributed by atoms with E-state index in [1.807, 2.05) is 23.9 Å². The van der Waals surface area contributed by atoms with Crippen LogP contribution in [0, 0.1) is 6.92 Å². The van der Waals surface area contributed by atoms with Gasteiger partial charge in [-0.2, -0.15) is 11.8 Å². The molecule has 18 heavy (non-hydrogen) atoms. The number of rotatable bonds is 6. The smallest absolute Gasteiger partial charge is 0.137 e. The minimum Gasteiger partial charge on any atom is -0.309 e. The lowest BCUT2D eigenvalue weighted by molar-refractivity contribution is 0.530. The molecule has 2 aromatic heterocycles. The lowest BCUT2D eigenvalue weighted by atomic mass is 10.2. The van der Waals surface area contributed by atoms with Gasteiger partial charge < -0.3 is 9.72 Å². The predicted octanol–water partition coefficient (Wildman–Crippen LogP) is 2.87. The standard InChI is InChI=1S/C14H21N3S/c1-11(7-9-18-3)15-10-13-12(2)16-14-6-4-5-8-17(13)14/h4-6,8,11,15H,7,9-10H2,1-3H3. The van der Waals surface area contributed by atoms with E-state index in [0.29, 0.717) is 6.04 Å². The maximum Gasteiger partial charge on any atom is 0.137 e. The van der Waals surface area contributed by atoms with Crippen molar-refractivity contribution in [1.29, 1.82) is 0 Å². The molecular formula is C14H21N3S. The van der Waals surface area contributed by atoms with E-state index in [-0.39, 0.29) is 0 Å². The molecule has 1 atom stereocenters. The van der Waals surface area contributed by atoms with Gasteiger partial charge in [0.1, 0.15) is 5.65 Å². The number of thioether (sulfide) groups is 1. The molecule has 0 aliphatic rings. The number of pyridine rings is 1. The highest BCUT2D eigenvalue weighted by molar-refractivity contribution is 7.98. The summed E-state index contributed by atoms with van der Waals surface area (Å²) in [4.78, 5) is 4.57. The number of aryl methyl sites for hydroxylation is 1. The van der Waals surface area contributed by atoms with Crippen LogP contribution < -0.4 is 5.32 Å². The Balaban J connectivity index is 2.05. The summed E-state index contributed by atoms with van der Waals surface area (Å²) in [5.74, 6) is 1.21. The van der Waals surface area contributed by atoms with Crippen LogP contribution >= 0.6 is 11.8 Å². The Kier molecular flexibility index (Phi) is 4.66. The van der Waals surface area contributed by atoms with E-state index in [1.54, 1.807) is 0 Å². The first kappa shape index (κ1) is 13.4. The molecule has 3 nitrogen and oxygen atoms in total. The first-order valence-corrected chi connectivity index (χ1v) is 7.76. The molecule has 1 N–H and O–H groups in total. The van der Waals surface area contributed by atoms with Crippen LogP contribution in [0.3, 0.4) is 0 Å². The molecule has 2 aromatic rings. The van der Waals surface area contributed by atoms with Crippen molar-refractivity contribution in [3.8, 4) is 0 Å². The Bertz CT molecular complexity index is 507. The zero-order valence-corrected chi connectivity index (χ0v) is 12.1. The number of nitrogens with zero attached hydrogens (tertiary/aromatic N) is 2. The van der Waals surface area contributed by atoms with Crippen molar-refractivity contribution in [2.45, 2.75) is 32.9 Å². The van der Waals surface area contributed by atoms with Crippen molar-refractivity contribution in [3.63, 3.8) is 0 Å². The van der Waals surface area contributed by atoms with Gasteiger partial charge in [-0.3, -0.25) is 0 Å². The van der Waals surface area contributed by atoms with Crippen LogP contribution in [0.25, 0.3) is 5.65 Å². The predicted molar refractivity (Wildman–Crippen MR) is 79.2 cm³/mol. The fourth-order valence-corrected chi connectivity index (χ4v) is 2.63. The summed E-state index contributed by atoms with van der Waals surface area (Å²) in [6.07, 6.45) is 5.44. The molecule has 0 amide bonds. The molecule has 0 aliphatic heterocycles. The SMILES string of the molecule is CSCCC(C)NCc1c(C)nc2ccccn12. The average Bonchev–Trinajstić information content (AvgIpc) is 2.69. The highest BCUT2D eigenvalue weighted by Crippen LogP contribution is 2.12. The lowest BCUT2D eigenvalue weighted by Gasteiger charge is -2.13. The fraction of sp³-hybridized carbons (Fsp3) is 0.500. The molecule has 0 spiro atoms. The van der Waals surface area contributed by atoms with Gasteiger partial charge in [-0.15, -0.1) is 0 Å². The zero-order valence-electron chi connectivity index (χ0n) is 11.3. The van der Waals surface area contributed by atoms with Crippen molar-refractivity contribution in [2.24, 2.45) is 0 Å². The lowest BCUT2D eigenvalue weighted by Crippen LogP contribution is -2.26. The highest BCUT2D eigenvalue weighted by Gasteiger charge is 2.09. The third kappa shape index (κ3) is 3.06. The van der Waals surface area contributed by atoms with Crippen LogP contribution in [0.2, 0.25) is 0 Å². The Labute approximate surface area is 113 Å². The van der Waals surface area contributed by atoms with Gasteiger partial charge in [-0.25, -0.2) is 4.98 Å². The number of hydrogen-bond acceptors (Lipinski definition) is 3. The van der Waals surface area contributed by atoms with Gasteiger partial charge in [0.25, 0.3) is 0 Å². The summed E-state index contributed by atoms with van der Waals surface area (Å²) < 4.78 is 2.17. The second-order valence-corrected chi connectivity index (χ2v) is 5.62. The number of aromatic nitrogens is 2. The molecular weight excluding hydrogens is 242 g/mol. The molecule has 0 saturated carbocycles. The molecule has 0 fully saturated rings.